The standard InChI is InChI=1S/C15H32N2O2/c1-5-17-10-8-14(9-11-17)13(4)16-12-15(18-6-2)19-7-3/h13-16H,5-12H2,1-4H3. The van der Waals surface area contributed by atoms with Crippen molar-refractivity contribution in [3.05, 3.63) is 0 Å². The Balaban J connectivity index is 2.24. The quantitative estimate of drug-likeness (QED) is 0.652. The molecule has 19 heavy (non-hydrogen) atoms. The zero-order valence-electron chi connectivity index (χ0n) is 13.2. The molecule has 1 atom stereocenters. The van der Waals surface area contributed by atoms with Crippen molar-refractivity contribution in [3.63, 3.8) is 0 Å². The highest BCUT2D eigenvalue weighted by molar-refractivity contribution is 4.79. The van der Waals surface area contributed by atoms with E-state index in [0.717, 1.165) is 12.5 Å². The topological polar surface area (TPSA) is 33.7 Å². The zero-order valence-corrected chi connectivity index (χ0v) is 13.2. The Morgan fingerprint density at radius 1 is 1.11 bits per heavy atom. The molecule has 0 aliphatic carbocycles. The molecule has 1 aliphatic heterocycles. The number of nitrogens with one attached hydrogen (secondary N) is 1. The molecule has 0 aromatic heterocycles. The third-order valence-corrected chi connectivity index (χ3v) is 4.10. The lowest BCUT2D eigenvalue weighted by Crippen LogP contribution is -2.44. The Labute approximate surface area is 118 Å². The van der Waals surface area contributed by atoms with Crippen molar-refractivity contribution < 1.29 is 9.47 Å². The number of piperidine rings is 1. The van der Waals surface area contributed by atoms with E-state index in [2.05, 4.69) is 24.1 Å². The molecule has 1 heterocycles. The summed E-state index contributed by atoms with van der Waals surface area (Å²) >= 11 is 0. The summed E-state index contributed by atoms with van der Waals surface area (Å²) in [5, 5.41) is 3.59. The average Bonchev–Trinajstić information content (AvgIpc) is 2.45. The van der Waals surface area contributed by atoms with Crippen molar-refractivity contribution in [2.45, 2.75) is 52.9 Å². The highest BCUT2D eigenvalue weighted by atomic mass is 16.7. The Bertz CT molecular complexity index is 212. The predicted octanol–water partition coefficient (Wildman–Crippen LogP) is 2.10. The zero-order chi connectivity index (χ0) is 14.1. The third kappa shape index (κ3) is 6.21. The Morgan fingerprint density at radius 2 is 1.68 bits per heavy atom. The molecule has 0 bridgehead atoms. The molecule has 1 saturated heterocycles. The van der Waals surface area contributed by atoms with Crippen molar-refractivity contribution >= 4 is 0 Å². The van der Waals surface area contributed by atoms with Crippen molar-refractivity contribution in [2.24, 2.45) is 5.92 Å². The molecule has 1 aliphatic rings. The maximum absolute atomic E-state index is 5.56. The van der Waals surface area contributed by atoms with Gasteiger partial charge in [-0.15, -0.1) is 0 Å². The number of likely N-dealkylation sites (tertiary alicyclic amines) is 1. The first-order chi connectivity index (χ1) is 9.21. The number of nitrogens with zero attached hydrogens (tertiary/aromatic N) is 1. The molecule has 0 aromatic carbocycles. The van der Waals surface area contributed by atoms with Crippen molar-refractivity contribution in [3.8, 4) is 0 Å². The van der Waals surface area contributed by atoms with Gasteiger partial charge in [-0.3, -0.25) is 0 Å². The lowest BCUT2D eigenvalue weighted by atomic mass is 9.90. The molecule has 0 amide bonds. The van der Waals surface area contributed by atoms with Gasteiger partial charge in [-0.1, -0.05) is 6.92 Å². The first kappa shape index (κ1) is 16.9. The van der Waals surface area contributed by atoms with Gasteiger partial charge in [0.25, 0.3) is 0 Å². The summed E-state index contributed by atoms with van der Waals surface area (Å²) in [5.41, 5.74) is 0. The molecule has 1 rings (SSSR count). The van der Waals surface area contributed by atoms with Gasteiger partial charge >= 0.3 is 0 Å². The summed E-state index contributed by atoms with van der Waals surface area (Å²) in [6.45, 7) is 14.4. The second-order valence-electron chi connectivity index (χ2n) is 5.31. The van der Waals surface area contributed by atoms with Crippen LogP contribution >= 0.6 is 0 Å². The van der Waals surface area contributed by atoms with E-state index >= 15 is 0 Å². The summed E-state index contributed by atoms with van der Waals surface area (Å²) in [7, 11) is 0. The molecule has 0 aromatic rings. The minimum atomic E-state index is -0.104. The van der Waals surface area contributed by atoms with Gasteiger partial charge in [0.05, 0.1) is 0 Å². The van der Waals surface area contributed by atoms with E-state index < -0.39 is 0 Å². The summed E-state index contributed by atoms with van der Waals surface area (Å²) in [5.74, 6) is 0.784. The monoisotopic (exact) mass is 272 g/mol. The average molecular weight is 272 g/mol. The minimum Gasteiger partial charge on any atom is -0.352 e. The van der Waals surface area contributed by atoms with Crippen molar-refractivity contribution in [2.75, 3.05) is 39.4 Å². The van der Waals surface area contributed by atoms with E-state index in [0.29, 0.717) is 19.3 Å². The summed E-state index contributed by atoms with van der Waals surface area (Å²) in [4.78, 5) is 2.53. The fraction of sp³-hybridized carbons (Fsp3) is 1.00. The first-order valence-electron chi connectivity index (χ1n) is 7.90. The maximum Gasteiger partial charge on any atom is 0.169 e. The van der Waals surface area contributed by atoms with Crippen LogP contribution in [0.3, 0.4) is 0 Å². The SMILES string of the molecule is CCOC(CNC(C)C1CCN(CC)CC1)OCC. The van der Waals surface area contributed by atoms with E-state index in [-0.39, 0.29) is 6.29 Å². The van der Waals surface area contributed by atoms with Crippen LogP contribution in [0.5, 0.6) is 0 Å². The van der Waals surface area contributed by atoms with Crippen LogP contribution in [0.15, 0.2) is 0 Å². The van der Waals surface area contributed by atoms with Gasteiger partial charge in [-0.25, -0.2) is 0 Å². The Kier molecular flexibility index (Phi) is 8.62. The van der Waals surface area contributed by atoms with E-state index in [9.17, 15) is 0 Å². The van der Waals surface area contributed by atoms with Crippen LogP contribution in [0.4, 0.5) is 0 Å². The van der Waals surface area contributed by atoms with E-state index in [1.807, 2.05) is 13.8 Å². The van der Waals surface area contributed by atoms with Crippen molar-refractivity contribution in [1.29, 1.82) is 0 Å². The van der Waals surface area contributed by atoms with E-state index in [4.69, 9.17) is 9.47 Å². The van der Waals surface area contributed by atoms with Gasteiger partial charge in [-0.05, 0) is 59.2 Å². The van der Waals surface area contributed by atoms with Gasteiger partial charge in [0.1, 0.15) is 0 Å². The van der Waals surface area contributed by atoms with Gasteiger partial charge in [0.2, 0.25) is 0 Å². The van der Waals surface area contributed by atoms with Crippen LogP contribution in [0.25, 0.3) is 0 Å². The summed E-state index contributed by atoms with van der Waals surface area (Å²) in [6, 6.07) is 0.544. The second kappa shape index (κ2) is 9.70. The smallest absolute Gasteiger partial charge is 0.169 e. The van der Waals surface area contributed by atoms with Gasteiger partial charge in [-0.2, -0.15) is 0 Å². The number of ether oxygens (including phenoxy) is 2. The minimum absolute atomic E-state index is 0.104. The lowest BCUT2D eigenvalue weighted by Gasteiger charge is -2.35. The molecule has 0 spiro atoms. The van der Waals surface area contributed by atoms with Crippen LogP contribution in [-0.4, -0.2) is 56.6 Å². The normalized spacial score (nSPS) is 20.1. The number of rotatable bonds is 9. The molecular weight excluding hydrogens is 240 g/mol. The van der Waals surface area contributed by atoms with Gasteiger partial charge in [0.15, 0.2) is 6.29 Å². The molecule has 4 nitrogen and oxygen atoms in total. The fourth-order valence-electron chi connectivity index (χ4n) is 2.76. The van der Waals surface area contributed by atoms with Crippen LogP contribution in [-0.2, 0) is 9.47 Å². The summed E-state index contributed by atoms with van der Waals surface area (Å²) < 4.78 is 11.1. The molecule has 0 radical (unpaired) electrons. The number of hydrogen-bond acceptors (Lipinski definition) is 4. The van der Waals surface area contributed by atoms with E-state index in [1.54, 1.807) is 0 Å². The molecule has 4 heteroatoms. The predicted molar refractivity (Wildman–Crippen MR) is 79.3 cm³/mol. The van der Waals surface area contributed by atoms with Crippen LogP contribution < -0.4 is 5.32 Å². The van der Waals surface area contributed by atoms with Crippen LogP contribution in [0.2, 0.25) is 0 Å². The second-order valence-corrected chi connectivity index (χ2v) is 5.31. The lowest BCUT2D eigenvalue weighted by molar-refractivity contribution is -0.134. The molecule has 1 N–H and O–H groups in total. The third-order valence-electron chi connectivity index (χ3n) is 4.10. The van der Waals surface area contributed by atoms with Crippen LogP contribution in [0, 0.1) is 5.92 Å². The van der Waals surface area contributed by atoms with Crippen LogP contribution in [0.1, 0.15) is 40.5 Å². The molecular formula is C15H32N2O2. The van der Waals surface area contributed by atoms with Crippen molar-refractivity contribution in [1.82, 2.24) is 10.2 Å². The molecule has 0 saturated carbocycles. The fourth-order valence-corrected chi connectivity index (χ4v) is 2.76. The van der Waals surface area contributed by atoms with Gasteiger partial charge < -0.3 is 19.7 Å². The molecule has 1 unspecified atom stereocenters. The molecule has 1 fully saturated rings. The summed E-state index contributed by atoms with van der Waals surface area (Å²) in [6.07, 6.45) is 2.50. The highest BCUT2D eigenvalue weighted by Gasteiger charge is 2.23. The van der Waals surface area contributed by atoms with Gasteiger partial charge in [0, 0.05) is 25.8 Å². The van der Waals surface area contributed by atoms with E-state index in [1.165, 1.54) is 32.5 Å². The molecule has 114 valence electrons. The highest BCUT2D eigenvalue weighted by Crippen LogP contribution is 2.20. The number of hydrogen-bond donors (Lipinski definition) is 1. The Morgan fingerprint density at radius 3 is 2.16 bits per heavy atom. The Hall–Kier alpha value is -0.160. The first-order valence-corrected chi connectivity index (χ1v) is 7.90. The maximum atomic E-state index is 5.56. The largest absolute Gasteiger partial charge is 0.352 e.